The number of hydrogen-bond donors (Lipinski definition) is 3. The Morgan fingerprint density at radius 3 is 2.38 bits per heavy atom. The molecule has 1 atom stereocenters. The number of carboxylic acid groups (broad SMARTS) is 1. The minimum absolute atomic E-state index is 0.0375. The van der Waals surface area contributed by atoms with Gasteiger partial charge in [-0.3, -0.25) is 9.59 Å². The molecule has 0 aromatic heterocycles. The van der Waals surface area contributed by atoms with Crippen molar-refractivity contribution < 1.29 is 19.8 Å². The van der Waals surface area contributed by atoms with Crippen LogP contribution in [0.25, 0.3) is 17.2 Å². The number of amides is 1. The molecule has 3 rings (SSSR count). The predicted octanol–water partition coefficient (Wildman–Crippen LogP) is 3.87. The molecule has 0 spiro atoms. The summed E-state index contributed by atoms with van der Waals surface area (Å²) in [5.74, 6) is -1.09. The van der Waals surface area contributed by atoms with Crippen molar-refractivity contribution >= 4 is 29.5 Å². The van der Waals surface area contributed by atoms with Gasteiger partial charge in [-0.1, -0.05) is 43.3 Å². The molecule has 0 aliphatic carbocycles. The Balaban J connectivity index is 1.87. The molecule has 198 valence electrons. The van der Waals surface area contributed by atoms with Crippen LogP contribution in [0.5, 0.6) is 0 Å². The molecule has 0 fully saturated rings. The monoisotopic (exact) mass is 506 g/mol. The maximum atomic E-state index is 13.2. The first-order chi connectivity index (χ1) is 17.7. The normalized spacial score (nSPS) is 13.9. The van der Waals surface area contributed by atoms with Crippen LogP contribution in [-0.4, -0.2) is 78.1 Å². The highest BCUT2D eigenvalue weighted by Crippen LogP contribution is 2.33. The number of hydrogen-bond acceptors (Lipinski definition) is 6. The number of rotatable bonds is 12. The highest BCUT2D eigenvalue weighted by molar-refractivity contribution is 6.05. The van der Waals surface area contributed by atoms with E-state index in [9.17, 15) is 19.8 Å². The molecule has 0 bridgehead atoms. The molecule has 0 radical (unpaired) electrons. The molecule has 4 N–H and O–H groups in total. The molecular formula is C29H38N4O4. The lowest BCUT2D eigenvalue weighted by Gasteiger charge is -2.23. The van der Waals surface area contributed by atoms with E-state index in [1.165, 1.54) is 0 Å². The zero-order chi connectivity index (χ0) is 26.9. The average Bonchev–Trinajstić information content (AvgIpc) is 3.03. The van der Waals surface area contributed by atoms with Crippen LogP contribution in [0.1, 0.15) is 49.7 Å². The van der Waals surface area contributed by atoms with Gasteiger partial charge in [-0.15, -0.1) is 0 Å². The van der Waals surface area contributed by atoms with Gasteiger partial charge in [0.05, 0.1) is 11.6 Å². The quantitative estimate of drug-likeness (QED) is 0.402. The number of aliphatic imine (C=N–C) groups is 1. The summed E-state index contributed by atoms with van der Waals surface area (Å²) in [7, 11) is 3.87. The maximum absolute atomic E-state index is 13.2. The van der Waals surface area contributed by atoms with Gasteiger partial charge >= 0.3 is 5.97 Å². The van der Waals surface area contributed by atoms with E-state index in [0.29, 0.717) is 49.6 Å². The molecular weight excluding hydrogens is 468 g/mol. The SMILES string of the molecule is CCCN(CCCO)C(=O)C1=Cc2ccc(-c3ccc(C(CCN(C)C)C(=O)O)cc3)cc2N=C(N)C1. The topological polar surface area (TPSA) is 119 Å². The summed E-state index contributed by atoms with van der Waals surface area (Å²) in [5, 5.41) is 18.9. The van der Waals surface area contributed by atoms with Crippen molar-refractivity contribution in [3.63, 3.8) is 0 Å². The van der Waals surface area contributed by atoms with Gasteiger partial charge in [0.2, 0.25) is 5.91 Å². The molecule has 2 aromatic carbocycles. The van der Waals surface area contributed by atoms with Crippen LogP contribution < -0.4 is 5.73 Å². The Bertz CT molecular complexity index is 1150. The Morgan fingerprint density at radius 1 is 1.05 bits per heavy atom. The lowest BCUT2D eigenvalue weighted by molar-refractivity contribution is -0.139. The molecule has 0 saturated heterocycles. The van der Waals surface area contributed by atoms with Crippen LogP contribution in [0.4, 0.5) is 5.69 Å². The van der Waals surface area contributed by atoms with E-state index in [-0.39, 0.29) is 18.9 Å². The highest BCUT2D eigenvalue weighted by atomic mass is 16.4. The van der Waals surface area contributed by atoms with E-state index in [1.807, 2.05) is 74.5 Å². The summed E-state index contributed by atoms with van der Waals surface area (Å²) in [5.41, 5.74) is 11.0. The van der Waals surface area contributed by atoms with Crippen LogP contribution in [-0.2, 0) is 9.59 Å². The van der Waals surface area contributed by atoms with Gasteiger partial charge in [0.15, 0.2) is 0 Å². The summed E-state index contributed by atoms with van der Waals surface area (Å²) >= 11 is 0. The zero-order valence-electron chi connectivity index (χ0n) is 22.0. The third-order valence-corrected chi connectivity index (χ3v) is 6.45. The van der Waals surface area contributed by atoms with Gasteiger partial charge < -0.3 is 25.7 Å². The van der Waals surface area contributed by atoms with E-state index in [0.717, 1.165) is 28.7 Å². The number of amidine groups is 1. The fourth-order valence-electron chi connectivity index (χ4n) is 4.48. The first-order valence-corrected chi connectivity index (χ1v) is 12.8. The number of carbonyl (C=O) groups is 2. The fraction of sp³-hybridized carbons (Fsp3) is 0.414. The summed E-state index contributed by atoms with van der Waals surface area (Å²) < 4.78 is 0. The third kappa shape index (κ3) is 7.50. The van der Waals surface area contributed by atoms with E-state index < -0.39 is 11.9 Å². The van der Waals surface area contributed by atoms with Crippen LogP contribution >= 0.6 is 0 Å². The molecule has 37 heavy (non-hydrogen) atoms. The van der Waals surface area contributed by atoms with Crippen molar-refractivity contribution in [1.29, 1.82) is 0 Å². The van der Waals surface area contributed by atoms with Gasteiger partial charge in [-0.2, -0.15) is 0 Å². The smallest absolute Gasteiger partial charge is 0.311 e. The third-order valence-electron chi connectivity index (χ3n) is 6.45. The first-order valence-electron chi connectivity index (χ1n) is 12.8. The largest absolute Gasteiger partial charge is 0.481 e. The van der Waals surface area contributed by atoms with Crippen LogP contribution in [0.2, 0.25) is 0 Å². The number of aliphatic carboxylic acids is 1. The Hall–Kier alpha value is -3.49. The number of fused-ring (bicyclic) bond motifs is 1. The lowest BCUT2D eigenvalue weighted by Crippen LogP contribution is -2.35. The molecule has 1 amide bonds. The summed E-state index contributed by atoms with van der Waals surface area (Å²) in [6.07, 6.45) is 4.02. The van der Waals surface area contributed by atoms with Crippen LogP contribution in [0.3, 0.4) is 0 Å². The van der Waals surface area contributed by atoms with E-state index in [2.05, 4.69) is 4.99 Å². The average molecular weight is 507 g/mol. The minimum atomic E-state index is -0.824. The second-order valence-electron chi connectivity index (χ2n) is 9.70. The number of nitrogens with two attached hydrogens (primary N) is 1. The second kappa shape index (κ2) is 13.2. The van der Waals surface area contributed by atoms with E-state index >= 15 is 0 Å². The number of aliphatic hydroxyl groups is 1. The number of carbonyl (C=O) groups excluding carboxylic acids is 1. The van der Waals surface area contributed by atoms with Gasteiger partial charge in [0, 0.05) is 37.3 Å². The molecule has 8 nitrogen and oxygen atoms in total. The molecule has 1 heterocycles. The molecule has 1 aliphatic rings. The number of benzene rings is 2. The van der Waals surface area contributed by atoms with Gasteiger partial charge in [0.25, 0.3) is 0 Å². The summed E-state index contributed by atoms with van der Waals surface area (Å²) in [4.78, 5) is 33.4. The highest BCUT2D eigenvalue weighted by Gasteiger charge is 2.22. The standard InChI is InChI=1S/C29H38N4O4/c1-4-13-33(14-5-16-34)28(35)24-17-23-11-10-22(18-26(23)31-27(30)19-24)20-6-8-21(9-7-20)25(29(36)37)12-15-32(2)3/h6-11,17-18,25,34H,4-5,12-16,19H2,1-3H3,(H2,30,31)(H,36,37). The predicted molar refractivity (Wildman–Crippen MR) is 148 cm³/mol. The molecule has 2 aromatic rings. The Kier molecular flexibility index (Phi) is 10.00. The molecule has 1 unspecified atom stereocenters. The number of nitrogens with zero attached hydrogens (tertiary/aromatic N) is 3. The van der Waals surface area contributed by atoms with Crippen molar-refractivity contribution in [3.05, 3.63) is 59.2 Å². The number of carboxylic acids is 1. The Labute approximate surface area is 219 Å². The van der Waals surface area contributed by atoms with Gasteiger partial charge in [-0.25, -0.2) is 4.99 Å². The van der Waals surface area contributed by atoms with Crippen molar-refractivity contribution in [2.24, 2.45) is 10.7 Å². The lowest BCUT2D eigenvalue weighted by atomic mass is 9.93. The molecule has 8 heteroatoms. The fourth-order valence-corrected chi connectivity index (χ4v) is 4.48. The maximum Gasteiger partial charge on any atom is 0.311 e. The van der Waals surface area contributed by atoms with Crippen molar-refractivity contribution in [3.8, 4) is 11.1 Å². The van der Waals surface area contributed by atoms with Crippen molar-refractivity contribution in [2.75, 3.05) is 40.3 Å². The zero-order valence-corrected chi connectivity index (χ0v) is 22.0. The van der Waals surface area contributed by atoms with E-state index in [1.54, 1.807) is 4.90 Å². The van der Waals surface area contributed by atoms with E-state index in [4.69, 9.17) is 5.73 Å². The molecule has 1 aliphatic heterocycles. The van der Waals surface area contributed by atoms with Crippen LogP contribution in [0, 0.1) is 0 Å². The van der Waals surface area contributed by atoms with Crippen molar-refractivity contribution in [2.45, 2.75) is 38.5 Å². The number of aliphatic hydroxyl groups excluding tert-OH is 1. The summed E-state index contributed by atoms with van der Waals surface area (Å²) in [6, 6.07) is 13.5. The minimum Gasteiger partial charge on any atom is -0.481 e. The Morgan fingerprint density at radius 2 is 1.76 bits per heavy atom. The van der Waals surface area contributed by atoms with Crippen LogP contribution in [0.15, 0.2) is 53.0 Å². The van der Waals surface area contributed by atoms with Gasteiger partial charge in [-0.05, 0) is 68.7 Å². The molecule has 0 saturated carbocycles. The second-order valence-corrected chi connectivity index (χ2v) is 9.70. The van der Waals surface area contributed by atoms with Crippen molar-refractivity contribution in [1.82, 2.24) is 9.80 Å². The van der Waals surface area contributed by atoms with Gasteiger partial charge in [0.1, 0.15) is 5.84 Å². The summed E-state index contributed by atoms with van der Waals surface area (Å²) in [6.45, 7) is 3.87. The first kappa shape index (κ1) is 28.1.